The molecule has 0 radical (unpaired) electrons. The number of para-hydroxylation sites is 1. The summed E-state index contributed by atoms with van der Waals surface area (Å²) in [5.74, 6) is -0.104. The number of hydrogen-bond acceptors (Lipinski definition) is 5. The van der Waals surface area contributed by atoms with Gasteiger partial charge in [0.15, 0.2) is 11.5 Å². The lowest BCUT2D eigenvalue weighted by Gasteiger charge is -2.32. The van der Waals surface area contributed by atoms with Crippen LogP contribution in [0.5, 0.6) is 0 Å². The molecule has 1 aromatic heterocycles. The molecule has 1 heterocycles. The van der Waals surface area contributed by atoms with Gasteiger partial charge in [0, 0.05) is 41.9 Å². The molecule has 3 N–H and O–H groups in total. The largest absolute Gasteiger partial charge is 0.371 e. The molecule has 166 valence electrons. The van der Waals surface area contributed by atoms with Gasteiger partial charge in [-0.25, -0.2) is 8.42 Å². The second-order valence-electron chi connectivity index (χ2n) is 7.77. The normalized spacial score (nSPS) is 19.5. The van der Waals surface area contributed by atoms with Gasteiger partial charge in [0.2, 0.25) is 10.0 Å². The summed E-state index contributed by atoms with van der Waals surface area (Å²) < 4.78 is 31.8. The highest BCUT2D eigenvalue weighted by molar-refractivity contribution is 7.88. The predicted octanol–water partition coefficient (Wildman–Crippen LogP) is 3.42. The molecule has 7 nitrogen and oxygen atoms in total. The second-order valence-corrected chi connectivity index (χ2v) is 9.52. The Labute approximate surface area is 187 Å². The lowest BCUT2D eigenvalue weighted by atomic mass is 9.95. The van der Waals surface area contributed by atoms with Crippen molar-refractivity contribution in [3.8, 4) is 0 Å². The number of benzene rings is 2. The molecule has 2 atom stereocenters. The van der Waals surface area contributed by atoms with Crippen molar-refractivity contribution in [2.75, 3.05) is 13.4 Å². The van der Waals surface area contributed by atoms with Crippen LogP contribution in [0.2, 0.25) is 0 Å². The van der Waals surface area contributed by atoms with E-state index in [0.717, 1.165) is 22.7 Å². The highest BCUT2D eigenvalue weighted by Crippen LogP contribution is 2.28. The van der Waals surface area contributed by atoms with Crippen LogP contribution in [0.15, 0.2) is 84.7 Å². The van der Waals surface area contributed by atoms with Crippen LogP contribution in [0.3, 0.4) is 0 Å². The van der Waals surface area contributed by atoms with Crippen LogP contribution in [0.4, 0.5) is 0 Å². The summed E-state index contributed by atoms with van der Waals surface area (Å²) >= 11 is 0. The first-order valence-electron chi connectivity index (χ1n) is 10.2. The molecule has 8 heteroatoms. The van der Waals surface area contributed by atoms with Crippen molar-refractivity contribution in [3.05, 3.63) is 95.8 Å². The number of ketones is 1. The third-order valence-electron chi connectivity index (χ3n) is 5.39. The number of aromatic nitrogens is 1. The third kappa shape index (κ3) is 4.67. The Balaban J connectivity index is 1.72. The zero-order chi connectivity index (χ0) is 22.8. The summed E-state index contributed by atoms with van der Waals surface area (Å²) in [6.45, 7) is 0. The molecule has 1 aliphatic rings. The highest BCUT2D eigenvalue weighted by atomic mass is 32.2. The van der Waals surface area contributed by atoms with Crippen molar-refractivity contribution in [1.82, 2.24) is 15.0 Å². The number of hydrogen-bond donors (Lipinski definition) is 3. The number of methoxy groups -OCH3 is 1. The van der Waals surface area contributed by atoms with Gasteiger partial charge in [-0.05, 0) is 23.8 Å². The molecule has 0 fully saturated rings. The van der Waals surface area contributed by atoms with E-state index in [1.54, 1.807) is 12.3 Å². The van der Waals surface area contributed by atoms with Gasteiger partial charge in [0.25, 0.3) is 0 Å². The standard InChI is InChI=1S/C24H25N3O4S/c1-31-24(27-32(2,29)30)14-8-11-18(15-24)26-22(17-9-4-3-5-10-17)23(28)20-16-25-21-13-7-6-12-19(20)21/h3-13,15-16,22,25-27H,14H2,1-2H3. The van der Waals surface area contributed by atoms with E-state index in [9.17, 15) is 13.2 Å². The number of aromatic amines is 1. The molecule has 3 aromatic rings. The maximum atomic E-state index is 13.7. The molecule has 0 bridgehead atoms. The van der Waals surface area contributed by atoms with Crippen molar-refractivity contribution in [2.45, 2.75) is 18.2 Å². The number of carbonyl (C=O) groups is 1. The Hall–Kier alpha value is -3.20. The first-order valence-corrected chi connectivity index (χ1v) is 12.0. The van der Waals surface area contributed by atoms with E-state index in [1.807, 2.05) is 66.7 Å². The minimum atomic E-state index is -3.53. The smallest absolute Gasteiger partial charge is 0.211 e. The molecule has 4 rings (SSSR count). The molecule has 2 unspecified atom stereocenters. The SMILES string of the molecule is COC1(NS(C)(=O)=O)C=C(NC(C(=O)c2c[nH]c3ccccc23)c2ccccc2)C=CC1. The average molecular weight is 452 g/mol. The van der Waals surface area contributed by atoms with Crippen molar-refractivity contribution in [3.63, 3.8) is 0 Å². The number of rotatable bonds is 8. The first-order chi connectivity index (χ1) is 15.3. The Kier molecular flexibility index (Phi) is 6.01. The summed E-state index contributed by atoms with van der Waals surface area (Å²) in [7, 11) is -2.09. The summed E-state index contributed by atoms with van der Waals surface area (Å²) in [5, 5.41) is 4.14. The Bertz CT molecular complexity index is 1300. The number of fused-ring (bicyclic) bond motifs is 1. The van der Waals surface area contributed by atoms with Crippen LogP contribution >= 0.6 is 0 Å². The summed E-state index contributed by atoms with van der Waals surface area (Å²) in [6.07, 6.45) is 8.42. The van der Waals surface area contributed by atoms with E-state index < -0.39 is 21.8 Å². The molecule has 0 saturated carbocycles. The number of allylic oxidation sites excluding steroid dienone is 1. The van der Waals surface area contributed by atoms with Gasteiger partial charge in [-0.3, -0.25) is 4.79 Å². The van der Waals surface area contributed by atoms with Crippen LogP contribution in [0, 0.1) is 0 Å². The lowest BCUT2D eigenvalue weighted by molar-refractivity contribution is 0.0233. The monoisotopic (exact) mass is 451 g/mol. The molecule has 2 aromatic carbocycles. The topological polar surface area (TPSA) is 100 Å². The fourth-order valence-electron chi connectivity index (χ4n) is 3.92. The molecule has 0 aliphatic heterocycles. The van der Waals surface area contributed by atoms with Gasteiger partial charge in [-0.15, -0.1) is 0 Å². The van der Waals surface area contributed by atoms with Gasteiger partial charge in [0.05, 0.1) is 6.26 Å². The first kappa shape index (κ1) is 22.0. The number of sulfonamides is 1. The van der Waals surface area contributed by atoms with Crippen LogP contribution in [0.1, 0.15) is 28.4 Å². The van der Waals surface area contributed by atoms with Crippen molar-refractivity contribution in [2.24, 2.45) is 0 Å². The van der Waals surface area contributed by atoms with Crippen molar-refractivity contribution >= 4 is 26.7 Å². The van der Waals surface area contributed by atoms with E-state index in [1.165, 1.54) is 7.11 Å². The van der Waals surface area contributed by atoms with Crippen LogP contribution in [-0.4, -0.2) is 38.3 Å². The van der Waals surface area contributed by atoms with E-state index in [-0.39, 0.29) is 5.78 Å². The number of Topliss-reactive ketones (excluding diaryl/α,β-unsaturated/α-hetero) is 1. The molecule has 0 saturated heterocycles. The number of carbonyl (C=O) groups excluding carboxylic acids is 1. The zero-order valence-electron chi connectivity index (χ0n) is 17.8. The maximum Gasteiger partial charge on any atom is 0.211 e. The third-order valence-corrected chi connectivity index (χ3v) is 6.11. The number of nitrogens with one attached hydrogen (secondary N) is 3. The molecule has 0 spiro atoms. The van der Waals surface area contributed by atoms with Gasteiger partial charge >= 0.3 is 0 Å². The summed E-state index contributed by atoms with van der Waals surface area (Å²) in [5.41, 5.74) is 1.61. The fraction of sp³-hybridized carbons (Fsp3) is 0.208. The van der Waals surface area contributed by atoms with Crippen LogP contribution in [-0.2, 0) is 14.8 Å². The summed E-state index contributed by atoms with van der Waals surface area (Å²) in [6, 6.07) is 16.4. The number of ether oxygens (including phenoxy) is 1. The highest BCUT2D eigenvalue weighted by Gasteiger charge is 2.33. The minimum absolute atomic E-state index is 0.104. The van der Waals surface area contributed by atoms with E-state index in [2.05, 4.69) is 15.0 Å². The van der Waals surface area contributed by atoms with Gasteiger partial charge < -0.3 is 15.0 Å². The van der Waals surface area contributed by atoms with E-state index in [0.29, 0.717) is 17.7 Å². The molecule has 32 heavy (non-hydrogen) atoms. The Morgan fingerprint density at radius 1 is 1.12 bits per heavy atom. The molecular formula is C24H25N3O4S. The quantitative estimate of drug-likeness (QED) is 0.360. The predicted molar refractivity (Wildman–Crippen MR) is 125 cm³/mol. The van der Waals surface area contributed by atoms with E-state index in [4.69, 9.17) is 4.74 Å². The van der Waals surface area contributed by atoms with E-state index >= 15 is 0 Å². The van der Waals surface area contributed by atoms with Gasteiger partial charge in [-0.1, -0.05) is 54.6 Å². The van der Waals surface area contributed by atoms with Crippen molar-refractivity contribution < 1.29 is 17.9 Å². The molecular weight excluding hydrogens is 426 g/mol. The van der Waals surface area contributed by atoms with Crippen LogP contribution < -0.4 is 10.0 Å². The van der Waals surface area contributed by atoms with Crippen LogP contribution in [0.25, 0.3) is 10.9 Å². The second kappa shape index (κ2) is 8.74. The summed E-state index contributed by atoms with van der Waals surface area (Å²) in [4.78, 5) is 16.8. The number of H-pyrrole nitrogens is 1. The molecule has 0 amide bonds. The fourth-order valence-corrected chi connectivity index (χ4v) is 4.77. The Morgan fingerprint density at radius 3 is 2.56 bits per heavy atom. The van der Waals surface area contributed by atoms with Crippen molar-refractivity contribution in [1.29, 1.82) is 0 Å². The Morgan fingerprint density at radius 2 is 1.84 bits per heavy atom. The molecule has 1 aliphatic carbocycles. The zero-order valence-corrected chi connectivity index (χ0v) is 18.6. The van der Waals surface area contributed by atoms with Gasteiger partial charge in [-0.2, -0.15) is 4.72 Å². The lowest BCUT2D eigenvalue weighted by Crippen LogP contribution is -2.49. The maximum absolute atomic E-state index is 13.7. The van der Waals surface area contributed by atoms with Gasteiger partial charge in [0.1, 0.15) is 6.04 Å². The average Bonchev–Trinajstić information content (AvgIpc) is 3.21. The minimum Gasteiger partial charge on any atom is -0.371 e.